The first-order chi connectivity index (χ1) is 8.72. The van der Waals surface area contributed by atoms with Crippen molar-refractivity contribution in [3.8, 4) is 0 Å². The molecule has 1 aromatic rings. The van der Waals surface area contributed by atoms with Gasteiger partial charge in [-0.25, -0.2) is 0 Å². The van der Waals surface area contributed by atoms with Crippen molar-refractivity contribution in [2.24, 2.45) is 0 Å². The molecule has 18 heavy (non-hydrogen) atoms. The van der Waals surface area contributed by atoms with Crippen LogP contribution in [0, 0.1) is 0 Å². The highest BCUT2D eigenvalue weighted by atomic mass is 16.5. The number of anilines is 1. The van der Waals surface area contributed by atoms with E-state index in [1.54, 1.807) is 7.11 Å². The molecule has 0 radical (unpaired) electrons. The van der Waals surface area contributed by atoms with Gasteiger partial charge in [-0.3, -0.25) is 0 Å². The average molecular weight is 249 g/mol. The standard InChI is InChI=1S/C15H23NO2/c1-16-9-3-5-12-11-13(7-8-14(12)16)15(17)6-4-10-18-2/h7-8,11,15,17H,3-6,9-10H2,1-2H3. The highest BCUT2D eigenvalue weighted by Gasteiger charge is 2.16. The molecule has 0 aliphatic carbocycles. The number of hydrogen-bond acceptors (Lipinski definition) is 3. The molecule has 1 unspecified atom stereocenters. The van der Waals surface area contributed by atoms with E-state index in [4.69, 9.17) is 4.74 Å². The van der Waals surface area contributed by atoms with E-state index in [0.29, 0.717) is 6.61 Å². The van der Waals surface area contributed by atoms with Crippen molar-refractivity contribution in [1.82, 2.24) is 0 Å². The van der Waals surface area contributed by atoms with Crippen molar-refractivity contribution in [3.63, 3.8) is 0 Å². The van der Waals surface area contributed by atoms with E-state index in [0.717, 1.165) is 31.4 Å². The van der Waals surface area contributed by atoms with Crippen molar-refractivity contribution in [3.05, 3.63) is 29.3 Å². The summed E-state index contributed by atoms with van der Waals surface area (Å²) in [6.07, 6.45) is 3.62. The van der Waals surface area contributed by atoms with Gasteiger partial charge in [-0.1, -0.05) is 12.1 Å². The van der Waals surface area contributed by atoms with Crippen LogP contribution in [0.3, 0.4) is 0 Å². The fraction of sp³-hybridized carbons (Fsp3) is 0.600. The van der Waals surface area contributed by atoms with Crippen molar-refractivity contribution >= 4 is 5.69 Å². The average Bonchev–Trinajstić information content (AvgIpc) is 2.39. The molecule has 1 N–H and O–H groups in total. The molecule has 2 rings (SSSR count). The summed E-state index contributed by atoms with van der Waals surface area (Å²) in [4.78, 5) is 2.29. The van der Waals surface area contributed by atoms with E-state index in [1.165, 1.54) is 17.7 Å². The monoisotopic (exact) mass is 249 g/mol. The number of benzene rings is 1. The van der Waals surface area contributed by atoms with Crippen LogP contribution >= 0.6 is 0 Å². The zero-order valence-corrected chi connectivity index (χ0v) is 11.4. The topological polar surface area (TPSA) is 32.7 Å². The third kappa shape index (κ3) is 3.03. The lowest BCUT2D eigenvalue weighted by molar-refractivity contribution is 0.136. The maximum absolute atomic E-state index is 10.1. The number of hydrogen-bond donors (Lipinski definition) is 1. The zero-order valence-electron chi connectivity index (χ0n) is 11.4. The van der Waals surface area contributed by atoms with Crippen molar-refractivity contribution < 1.29 is 9.84 Å². The molecule has 1 atom stereocenters. The van der Waals surface area contributed by atoms with E-state index >= 15 is 0 Å². The second-order valence-electron chi connectivity index (χ2n) is 5.06. The molecule has 0 saturated carbocycles. The van der Waals surface area contributed by atoms with E-state index in [1.807, 2.05) is 0 Å². The quantitative estimate of drug-likeness (QED) is 0.814. The number of aliphatic hydroxyl groups excluding tert-OH is 1. The second-order valence-corrected chi connectivity index (χ2v) is 5.06. The van der Waals surface area contributed by atoms with Crippen LogP contribution in [0.15, 0.2) is 18.2 Å². The van der Waals surface area contributed by atoms with Crippen molar-refractivity contribution in [1.29, 1.82) is 0 Å². The Bertz CT molecular complexity index is 392. The van der Waals surface area contributed by atoms with Gasteiger partial charge in [0.1, 0.15) is 0 Å². The van der Waals surface area contributed by atoms with Gasteiger partial charge in [-0.15, -0.1) is 0 Å². The smallest absolute Gasteiger partial charge is 0.0791 e. The Labute approximate surface area is 109 Å². The first-order valence-corrected chi connectivity index (χ1v) is 6.73. The van der Waals surface area contributed by atoms with Crippen LogP contribution in [-0.4, -0.2) is 32.4 Å². The fourth-order valence-electron chi connectivity index (χ4n) is 2.60. The Morgan fingerprint density at radius 2 is 2.28 bits per heavy atom. The summed E-state index contributed by atoms with van der Waals surface area (Å²) in [5.41, 5.74) is 3.72. The van der Waals surface area contributed by atoms with Gasteiger partial charge in [0.25, 0.3) is 0 Å². The molecule has 1 aromatic carbocycles. The van der Waals surface area contributed by atoms with E-state index in [-0.39, 0.29) is 6.10 Å². The number of fused-ring (bicyclic) bond motifs is 1. The summed E-state index contributed by atoms with van der Waals surface area (Å²) < 4.78 is 5.01. The van der Waals surface area contributed by atoms with E-state index in [9.17, 15) is 5.11 Å². The Morgan fingerprint density at radius 1 is 1.44 bits per heavy atom. The Hall–Kier alpha value is -1.06. The van der Waals surface area contributed by atoms with Crippen LogP contribution in [0.1, 0.15) is 36.5 Å². The highest BCUT2D eigenvalue weighted by molar-refractivity contribution is 5.56. The number of methoxy groups -OCH3 is 1. The molecule has 0 aromatic heterocycles. The summed E-state index contributed by atoms with van der Waals surface area (Å²) in [7, 11) is 3.83. The van der Waals surface area contributed by atoms with Crippen LogP contribution in [0.25, 0.3) is 0 Å². The van der Waals surface area contributed by atoms with Gasteiger partial charge in [0.15, 0.2) is 0 Å². The molecular formula is C15H23NO2. The van der Waals surface area contributed by atoms with Gasteiger partial charge in [0, 0.05) is 33.0 Å². The van der Waals surface area contributed by atoms with Crippen LogP contribution < -0.4 is 4.90 Å². The van der Waals surface area contributed by atoms with Crippen molar-refractivity contribution in [2.45, 2.75) is 31.8 Å². The molecule has 0 saturated heterocycles. The molecule has 3 heteroatoms. The van der Waals surface area contributed by atoms with Crippen LogP contribution in [0.2, 0.25) is 0 Å². The van der Waals surface area contributed by atoms with Crippen LogP contribution in [-0.2, 0) is 11.2 Å². The summed E-state index contributed by atoms with van der Waals surface area (Å²) in [5, 5.41) is 10.1. The molecule has 1 aliphatic heterocycles. The molecule has 0 amide bonds. The Balaban J connectivity index is 2.06. The Morgan fingerprint density at radius 3 is 3.06 bits per heavy atom. The first kappa shape index (κ1) is 13.4. The predicted octanol–water partition coefficient (Wildman–Crippen LogP) is 2.53. The summed E-state index contributed by atoms with van der Waals surface area (Å²) in [5.74, 6) is 0. The highest BCUT2D eigenvalue weighted by Crippen LogP contribution is 2.29. The lowest BCUT2D eigenvalue weighted by atomic mass is 9.96. The number of aryl methyl sites for hydroxylation is 1. The normalized spacial score (nSPS) is 16.5. The first-order valence-electron chi connectivity index (χ1n) is 6.73. The molecule has 0 spiro atoms. The minimum Gasteiger partial charge on any atom is -0.388 e. The number of ether oxygens (including phenoxy) is 1. The number of nitrogens with zero attached hydrogens (tertiary/aromatic N) is 1. The van der Waals surface area contributed by atoms with Gasteiger partial charge in [-0.2, -0.15) is 0 Å². The second kappa shape index (κ2) is 6.21. The van der Waals surface area contributed by atoms with Gasteiger partial charge in [-0.05, 0) is 42.9 Å². The Kier molecular flexibility index (Phi) is 4.61. The van der Waals surface area contributed by atoms with E-state index < -0.39 is 0 Å². The maximum Gasteiger partial charge on any atom is 0.0791 e. The molecule has 1 heterocycles. The number of rotatable bonds is 5. The predicted molar refractivity (Wildman–Crippen MR) is 74.1 cm³/mol. The minimum atomic E-state index is -0.363. The molecular weight excluding hydrogens is 226 g/mol. The van der Waals surface area contributed by atoms with Gasteiger partial charge in [0.05, 0.1) is 6.10 Å². The zero-order chi connectivity index (χ0) is 13.0. The summed E-state index contributed by atoms with van der Waals surface area (Å²) in [6.45, 7) is 1.84. The largest absolute Gasteiger partial charge is 0.388 e. The molecule has 0 fully saturated rings. The third-order valence-electron chi connectivity index (χ3n) is 3.67. The van der Waals surface area contributed by atoms with Crippen molar-refractivity contribution in [2.75, 3.05) is 32.2 Å². The number of aliphatic hydroxyl groups is 1. The lowest BCUT2D eigenvalue weighted by Gasteiger charge is -2.28. The van der Waals surface area contributed by atoms with E-state index in [2.05, 4.69) is 30.1 Å². The minimum absolute atomic E-state index is 0.363. The molecule has 100 valence electrons. The SMILES string of the molecule is COCCCC(O)c1ccc2c(c1)CCCN2C. The van der Waals surface area contributed by atoms with Gasteiger partial charge in [0.2, 0.25) is 0 Å². The summed E-state index contributed by atoms with van der Waals surface area (Å²) in [6, 6.07) is 6.37. The maximum atomic E-state index is 10.1. The fourth-order valence-corrected chi connectivity index (χ4v) is 2.60. The van der Waals surface area contributed by atoms with Gasteiger partial charge >= 0.3 is 0 Å². The van der Waals surface area contributed by atoms with Gasteiger partial charge < -0.3 is 14.7 Å². The summed E-state index contributed by atoms with van der Waals surface area (Å²) >= 11 is 0. The third-order valence-corrected chi connectivity index (χ3v) is 3.67. The van der Waals surface area contributed by atoms with Crippen LogP contribution in [0.5, 0.6) is 0 Å². The lowest BCUT2D eigenvalue weighted by Crippen LogP contribution is -2.24. The van der Waals surface area contributed by atoms with Crippen LogP contribution in [0.4, 0.5) is 5.69 Å². The molecule has 0 bridgehead atoms. The molecule has 1 aliphatic rings. The molecule has 3 nitrogen and oxygen atoms in total.